The fraction of sp³-hybridized carbons (Fsp3) is 0.0833. The van der Waals surface area contributed by atoms with Gasteiger partial charge in [0.15, 0.2) is 5.75 Å². The second-order valence-electron chi connectivity index (χ2n) is 3.51. The molecule has 17 heavy (non-hydrogen) atoms. The van der Waals surface area contributed by atoms with Gasteiger partial charge in [-0.25, -0.2) is 0 Å². The Morgan fingerprint density at radius 1 is 1.35 bits per heavy atom. The Morgan fingerprint density at radius 3 is 2.53 bits per heavy atom. The van der Waals surface area contributed by atoms with E-state index in [0.29, 0.717) is 11.4 Å². The molecule has 1 heterocycles. The summed E-state index contributed by atoms with van der Waals surface area (Å²) in [6.07, 6.45) is 0. The molecule has 5 heteroatoms. The summed E-state index contributed by atoms with van der Waals surface area (Å²) in [7, 11) is 0. The van der Waals surface area contributed by atoms with E-state index in [0.717, 1.165) is 0 Å². The number of rotatable bonds is 2. The average Bonchev–Trinajstić information content (AvgIpc) is 2.61. The molecule has 0 radical (unpaired) electrons. The van der Waals surface area contributed by atoms with Crippen LogP contribution in [0.15, 0.2) is 35.5 Å². The van der Waals surface area contributed by atoms with Crippen molar-refractivity contribution in [1.29, 1.82) is 5.26 Å². The monoisotopic (exact) mass is 227 g/mol. The number of hydrogen-bond donors (Lipinski definition) is 1. The van der Waals surface area contributed by atoms with Crippen LogP contribution in [0.5, 0.6) is 5.75 Å². The number of nitriles is 1. The van der Waals surface area contributed by atoms with E-state index < -0.39 is 0 Å². The summed E-state index contributed by atoms with van der Waals surface area (Å²) < 4.78 is 1.46. The van der Waals surface area contributed by atoms with Gasteiger partial charge in [0, 0.05) is 11.4 Å². The molecule has 0 aliphatic carbocycles. The van der Waals surface area contributed by atoms with Crippen molar-refractivity contribution in [2.45, 2.75) is 6.92 Å². The van der Waals surface area contributed by atoms with Crippen molar-refractivity contribution in [1.82, 2.24) is 4.57 Å². The van der Waals surface area contributed by atoms with Crippen LogP contribution in [0.4, 0.5) is 5.82 Å². The van der Waals surface area contributed by atoms with E-state index in [9.17, 15) is 10.0 Å². The molecule has 84 valence electrons. The first-order chi connectivity index (χ1) is 8.20. The van der Waals surface area contributed by atoms with Gasteiger partial charge in [0.05, 0.1) is 0 Å². The lowest BCUT2D eigenvalue weighted by Crippen LogP contribution is -1.95. The highest BCUT2D eigenvalue weighted by Gasteiger charge is 2.21. The number of aromatic hydroxyl groups is 1. The van der Waals surface area contributed by atoms with Crippen LogP contribution in [0.1, 0.15) is 11.3 Å². The molecule has 0 amide bonds. The van der Waals surface area contributed by atoms with Gasteiger partial charge in [0.1, 0.15) is 11.6 Å². The molecule has 0 spiro atoms. The lowest BCUT2D eigenvalue weighted by molar-refractivity contribution is 0.475. The summed E-state index contributed by atoms with van der Waals surface area (Å²) >= 11 is 0. The summed E-state index contributed by atoms with van der Waals surface area (Å²) in [6, 6.07) is 10.8. The van der Waals surface area contributed by atoms with Gasteiger partial charge in [-0.2, -0.15) is 5.26 Å². The third-order valence-corrected chi connectivity index (χ3v) is 2.57. The maximum absolute atomic E-state index is 10.8. The van der Waals surface area contributed by atoms with Crippen molar-refractivity contribution in [2.24, 2.45) is 5.18 Å². The molecular formula is C12H9N3O2. The smallest absolute Gasteiger partial charge is 0.225 e. The number of aromatic nitrogens is 1. The standard InChI is InChI=1S/C12H9N3O2/c1-8-10(7-13)11(16)12(14-17)15(8)9-5-3-2-4-6-9/h2-6,16H,1H3. The van der Waals surface area contributed by atoms with Crippen molar-refractivity contribution >= 4 is 5.82 Å². The summed E-state index contributed by atoms with van der Waals surface area (Å²) in [4.78, 5) is 10.8. The molecule has 0 aliphatic heterocycles. The molecular weight excluding hydrogens is 218 g/mol. The third kappa shape index (κ3) is 1.56. The van der Waals surface area contributed by atoms with E-state index >= 15 is 0 Å². The summed E-state index contributed by atoms with van der Waals surface area (Å²) in [6.45, 7) is 1.65. The highest BCUT2D eigenvalue weighted by atomic mass is 16.3. The van der Waals surface area contributed by atoms with Crippen LogP contribution in [0.3, 0.4) is 0 Å². The summed E-state index contributed by atoms with van der Waals surface area (Å²) in [5, 5.41) is 21.4. The number of benzene rings is 1. The molecule has 0 saturated carbocycles. The first-order valence-corrected chi connectivity index (χ1v) is 4.93. The quantitative estimate of drug-likeness (QED) is 0.801. The first-order valence-electron chi connectivity index (χ1n) is 4.93. The van der Waals surface area contributed by atoms with Gasteiger partial charge in [-0.3, -0.25) is 4.57 Å². The molecule has 1 N–H and O–H groups in total. The summed E-state index contributed by atoms with van der Waals surface area (Å²) in [5.41, 5.74) is 1.24. The molecule has 0 saturated heterocycles. The Hall–Kier alpha value is -2.61. The maximum atomic E-state index is 10.8. The minimum Gasteiger partial charge on any atom is -0.503 e. The van der Waals surface area contributed by atoms with Crippen LogP contribution in [0.2, 0.25) is 0 Å². The molecule has 0 fully saturated rings. The SMILES string of the molecule is Cc1c(C#N)c(O)c(N=O)n1-c1ccccc1. The Morgan fingerprint density at radius 2 is 2.00 bits per heavy atom. The van der Waals surface area contributed by atoms with Crippen molar-refractivity contribution in [3.63, 3.8) is 0 Å². The first kappa shape index (κ1) is 10.9. The topological polar surface area (TPSA) is 78.4 Å². The Balaban J connectivity index is 2.79. The third-order valence-electron chi connectivity index (χ3n) is 2.57. The van der Waals surface area contributed by atoms with E-state index in [-0.39, 0.29) is 17.1 Å². The van der Waals surface area contributed by atoms with Gasteiger partial charge < -0.3 is 5.11 Å². The molecule has 0 unspecified atom stereocenters. The lowest BCUT2D eigenvalue weighted by atomic mass is 10.2. The van der Waals surface area contributed by atoms with Gasteiger partial charge in [0.2, 0.25) is 5.82 Å². The second-order valence-corrected chi connectivity index (χ2v) is 3.51. The minimum absolute atomic E-state index is 0.0726. The lowest BCUT2D eigenvalue weighted by Gasteiger charge is -2.06. The highest BCUT2D eigenvalue weighted by Crippen LogP contribution is 2.37. The zero-order chi connectivity index (χ0) is 12.4. The predicted octanol–water partition coefficient (Wildman–Crippen LogP) is 2.76. The average molecular weight is 227 g/mol. The molecule has 0 bridgehead atoms. The number of nitroso groups, excluding NO2 is 1. The van der Waals surface area contributed by atoms with E-state index in [2.05, 4.69) is 5.18 Å². The molecule has 2 rings (SSSR count). The van der Waals surface area contributed by atoms with Gasteiger partial charge >= 0.3 is 0 Å². The minimum atomic E-state index is -0.371. The van der Waals surface area contributed by atoms with E-state index in [1.807, 2.05) is 12.1 Å². The highest BCUT2D eigenvalue weighted by molar-refractivity contribution is 5.64. The zero-order valence-corrected chi connectivity index (χ0v) is 9.08. The van der Waals surface area contributed by atoms with E-state index in [4.69, 9.17) is 5.26 Å². The van der Waals surface area contributed by atoms with Crippen LogP contribution < -0.4 is 0 Å². The van der Waals surface area contributed by atoms with Crippen LogP contribution in [-0.2, 0) is 0 Å². The van der Waals surface area contributed by atoms with Crippen molar-refractivity contribution in [2.75, 3.05) is 0 Å². The van der Waals surface area contributed by atoms with E-state index in [1.165, 1.54) is 4.57 Å². The maximum Gasteiger partial charge on any atom is 0.225 e. The van der Waals surface area contributed by atoms with Gasteiger partial charge in [-0.15, -0.1) is 4.91 Å². The number of nitrogens with zero attached hydrogens (tertiary/aromatic N) is 3. The predicted molar refractivity (Wildman–Crippen MR) is 62.3 cm³/mol. The fourth-order valence-electron chi connectivity index (χ4n) is 1.77. The molecule has 2 aromatic rings. The Bertz CT molecular complexity index is 609. The van der Waals surface area contributed by atoms with Crippen molar-refractivity contribution < 1.29 is 5.11 Å². The number of hydrogen-bond acceptors (Lipinski definition) is 4. The van der Waals surface area contributed by atoms with Gasteiger partial charge in [-0.05, 0) is 24.2 Å². The van der Waals surface area contributed by atoms with Crippen molar-refractivity contribution in [3.8, 4) is 17.5 Å². The molecule has 1 aromatic heterocycles. The van der Waals surface area contributed by atoms with E-state index in [1.54, 1.807) is 31.2 Å². The zero-order valence-electron chi connectivity index (χ0n) is 9.08. The van der Waals surface area contributed by atoms with Gasteiger partial charge in [0.25, 0.3) is 0 Å². The van der Waals surface area contributed by atoms with Crippen molar-refractivity contribution in [3.05, 3.63) is 46.5 Å². The van der Waals surface area contributed by atoms with Gasteiger partial charge in [-0.1, -0.05) is 18.2 Å². The second kappa shape index (κ2) is 4.10. The normalized spacial score (nSPS) is 9.88. The Kier molecular flexibility index (Phi) is 2.63. The fourth-order valence-corrected chi connectivity index (χ4v) is 1.77. The molecule has 0 atom stereocenters. The largest absolute Gasteiger partial charge is 0.503 e. The molecule has 1 aromatic carbocycles. The molecule has 5 nitrogen and oxygen atoms in total. The molecule has 0 aliphatic rings. The van der Waals surface area contributed by atoms with Crippen LogP contribution in [0, 0.1) is 23.2 Å². The summed E-state index contributed by atoms with van der Waals surface area (Å²) in [5.74, 6) is -0.519. The van der Waals surface area contributed by atoms with Crippen LogP contribution in [-0.4, -0.2) is 9.67 Å². The van der Waals surface area contributed by atoms with Crippen LogP contribution in [0.25, 0.3) is 5.69 Å². The number of para-hydroxylation sites is 1. The van der Waals surface area contributed by atoms with Crippen LogP contribution >= 0.6 is 0 Å². The Labute approximate surface area is 97.5 Å².